The maximum Gasteiger partial charge on any atom is 0.343 e. The molecule has 0 aliphatic heterocycles. The number of esters is 1. The van der Waals surface area contributed by atoms with E-state index in [0.29, 0.717) is 28.2 Å². The molecular weight excluding hydrogens is 436 g/mol. The van der Waals surface area contributed by atoms with Gasteiger partial charge in [-0.05, 0) is 60.2 Å². The highest BCUT2D eigenvalue weighted by atomic mass is 79.9. The molecule has 146 valence electrons. The molecule has 3 aromatic rings. The van der Waals surface area contributed by atoms with Gasteiger partial charge in [0.2, 0.25) is 0 Å². The molecule has 7 heteroatoms. The Kier molecular flexibility index (Phi) is 6.76. The van der Waals surface area contributed by atoms with Crippen molar-refractivity contribution >= 4 is 34.0 Å². The quantitative estimate of drug-likeness (QED) is 0.259. The second-order valence-electron chi connectivity index (χ2n) is 5.90. The van der Waals surface area contributed by atoms with Crippen molar-refractivity contribution in [2.24, 2.45) is 5.10 Å². The summed E-state index contributed by atoms with van der Waals surface area (Å²) < 4.78 is 11.3. The smallest absolute Gasteiger partial charge is 0.343 e. The Hall–Kier alpha value is -3.45. The number of halogens is 1. The van der Waals surface area contributed by atoms with Gasteiger partial charge in [0.15, 0.2) is 0 Å². The average molecular weight is 453 g/mol. The van der Waals surface area contributed by atoms with Gasteiger partial charge in [0.1, 0.15) is 11.5 Å². The predicted octanol–water partition coefficient (Wildman–Crippen LogP) is 4.44. The summed E-state index contributed by atoms with van der Waals surface area (Å²) in [5.74, 6) is 0.215. The normalized spacial score (nSPS) is 10.6. The molecule has 3 aromatic carbocycles. The van der Waals surface area contributed by atoms with Gasteiger partial charge in [0.05, 0.1) is 18.9 Å². The van der Waals surface area contributed by atoms with Crippen molar-refractivity contribution in [2.75, 3.05) is 7.11 Å². The van der Waals surface area contributed by atoms with E-state index in [-0.39, 0.29) is 5.91 Å². The van der Waals surface area contributed by atoms with Gasteiger partial charge in [0, 0.05) is 10.0 Å². The van der Waals surface area contributed by atoms with Crippen LogP contribution < -0.4 is 14.9 Å². The molecule has 1 N–H and O–H groups in total. The summed E-state index contributed by atoms with van der Waals surface area (Å²) >= 11 is 3.32. The zero-order valence-electron chi connectivity index (χ0n) is 15.5. The maximum absolute atomic E-state index is 12.3. The number of hydrogen-bond acceptors (Lipinski definition) is 5. The maximum atomic E-state index is 12.3. The first-order valence-electron chi connectivity index (χ1n) is 8.60. The van der Waals surface area contributed by atoms with Crippen LogP contribution in [0.1, 0.15) is 26.3 Å². The van der Waals surface area contributed by atoms with Gasteiger partial charge in [-0.3, -0.25) is 4.79 Å². The Morgan fingerprint density at radius 3 is 2.41 bits per heavy atom. The number of hydrazone groups is 1. The van der Waals surface area contributed by atoms with Crippen molar-refractivity contribution < 1.29 is 19.1 Å². The minimum Gasteiger partial charge on any atom is -0.497 e. The number of nitrogens with zero attached hydrogens (tertiary/aromatic N) is 1. The van der Waals surface area contributed by atoms with Gasteiger partial charge in [-0.1, -0.05) is 34.1 Å². The van der Waals surface area contributed by atoms with E-state index in [4.69, 9.17) is 9.47 Å². The number of methoxy groups -OCH3 is 1. The van der Waals surface area contributed by atoms with Gasteiger partial charge >= 0.3 is 5.97 Å². The van der Waals surface area contributed by atoms with E-state index in [9.17, 15) is 9.59 Å². The molecule has 0 spiro atoms. The lowest BCUT2D eigenvalue weighted by molar-refractivity contribution is 0.0734. The van der Waals surface area contributed by atoms with Gasteiger partial charge in [-0.25, -0.2) is 10.2 Å². The van der Waals surface area contributed by atoms with Crippen molar-refractivity contribution in [3.8, 4) is 11.5 Å². The lowest BCUT2D eigenvalue weighted by Gasteiger charge is -2.06. The molecule has 0 aromatic heterocycles. The highest BCUT2D eigenvalue weighted by molar-refractivity contribution is 9.10. The fourth-order valence-electron chi connectivity index (χ4n) is 2.41. The Morgan fingerprint density at radius 1 is 0.931 bits per heavy atom. The van der Waals surface area contributed by atoms with Crippen LogP contribution in [0.5, 0.6) is 11.5 Å². The molecule has 6 nitrogen and oxygen atoms in total. The molecule has 0 aliphatic carbocycles. The van der Waals surface area contributed by atoms with Crippen molar-refractivity contribution in [1.29, 1.82) is 0 Å². The summed E-state index contributed by atoms with van der Waals surface area (Å²) in [6.45, 7) is 0. The van der Waals surface area contributed by atoms with E-state index >= 15 is 0 Å². The zero-order chi connectivity index (χ0) is 20.6. The Balaban J connectivity index is 1.62. The van der Waals surface area contributed by atoms with E-state index in [1.165, 1.54) is 6.21 Å². The first-order chi connectivity index (χ1) is 14.0. The van der Waals surface area contributed by atoms with Gasteiger partial charge in [-0.15, -0.1) is 0 Å². The number of ether oxygens (including phenoxy) is 2. The molecule has 1 amide bonds. The molecule has 0 bridgehead atoms. The number of hydrogen-bond donors (Lipinski definition) is 1. The highest BCUT2D eigenvalue weighted by Gasteiger charge is 2.09. The molecule has 29 heavy (non-hydrogen) atoms. The molecule has 0 saturated heterocycles. The number of benzene rings is 3. The van der Waals surface area contributed by atoms with Crippen molar-refractivity contribution in [1.82, 2.24) is 5.43 Å². The summed E-state index contributed by atoms with van der Waals surface area (Å²) in [4.78, 5) is 24.3. The number of carbonyl (C=O) groups is 2. The van der Waals surface area contributed by atoms with Gasteiger partial charge < -0.3 is 9.47 Å². The minimum atomic E-state index is -0.482. The van der Waals surface area contributed by atoms with Crippen molar-refractivity contribution in [2.45, 2.75) is 0 Å². The third-order valence-electron chi connectivity index (χ3n) is 3.86. The van der Waals surface area contributed by atoms with Crippen LogP contribution in [0.3, 0.4) is 0 Å². The third kappa shape index (κ3) is 5.76. The lowest BCUT2D eigenvalue weighted by Crippen LogP contribution is -2.17. The van der Waals surface area contributed by atoms with Crippen LogP contribution in [-0.2, 0) is 0 Å². The molecular formula is C22H17BrN2O4. The molecule has 3 rings (SSSR count). The molecule has 0 aliphatic rings. The van der Waals surface area contributed by atoms with Crippen LogP contribution in [0.25, 0.3) is 0 Å². The Bertz CT molecular complexity index is 1050. The third-order valence-corrected chi connectivity index (χ3v) is 4.35. The topological polar surface area (TPSA) is 77.0 Å². The molecule has 0 saturated carbocycles. The molecule has 0 atom stereocenters. The average Bonchev–Trinajstić information content (AvgIpc) is 2.74. The fourth-order valence-corrected chi connectivity index (χ4v) is 2.81. The van der Waals surface area contributed by atoms with E-state index in [2.05, 4.69) is 26.5 Å². The van der Waals surface area contributed by atoms with Crippen molar-refractivity contribution in [3.05, 3.63) is 94.0 Å². The second-order valence-corrected chi connectivity index (χ2v) is 6.82. The van der Waals surface area contributed by atoms with E-state index < -0.39 is 5.97 Å². The highest BCUT2D eigenvalue weighted by Crippen LogP contribution is 2.17. The predicted molar refractivity (Wildman–Crippen MR) is 114 cm³/mol. The summed E-state index contributed by atoms with van der Waals surface area (Å²) in [5.41, 5.74) is 4.02. The van der Waals surface area contributed by atoms with Crippen LogP contribution in [0.15, 0.2) is 82.4 Å². The minimum absolute atomic E-state index is 0.329. The van der Waals surface area contributed by atoms with E-state index in [1.807, 2.05) is 6.07 Å². The van der Waals surface area contributed by atoms with Crippen LogP contribution in [0, 0.1) is 0 Å². The summed E-state index contributed by atoms with van der Waals surface area (Å²) in [6, 6.07) is 20.4. The Labute approximate surface area is 176 Å². The first-order valence-corrected chi connectivity index (χ1v) is 9.40. The van der Waals surface area contributed by atoms with Crippen LogP contribution in [0.4, 0.5) is 0 Å². The van der Waals surface area contributed by atoms with Gasteiger partial charge in [-0.2, -0.15) is 5.10 Å². The number of nitrogens with one attached hydrogen (secondary N) is 1. The fraction of sp³-hybridized carbons (Fsp3) is 0.0455. The summed E-state index contributed by atoms with van der Waals surface area (Å²) in [6.07, 6.45) is 1.47. The van der Waals surface area contributed by atoms with E-state index in [0.717, 1.165) is 4.47 Å². The molecule has 0 heterocycles. The van der Waals surface area contributed by atoms with Crippen LogP contribution >= 0.6 is 15.9 Å². The van der Waals surface area contributed by atoms with Crippen LogP contribution in [0.2, 0.25) is 0 Å². The number of carbonyl (C=O) groups excluding carboxylic acids is 2. The molecule has 0 radical (unpaired) electrons. The molecule has 0 unspecified atom stereocenters. The summed E-state index contributed by atoms with van der Waals surface area (Å²) in [7, 11) is 1.56. The second kappa shape index (κ2) is 9.66. The van der Waals surface area contributed by atoms with Crippen LogP contribution in [-0.4, -0.2) is 25.2 Å². The Morgan fingerprint density at radius 2 is 1.69 bits per heavy atom. The molecule has 0 fully saturated rings. The zero-order valence-corrected chi connectivity index (χ0v) is 17.0. The lowest BCUT2D eigenvalue weighted by atomic mass is 10.2. The largest absolute Gasteiger partial charge is 0.497 e. The van der Waals surface area contributed by atoms with E-state index in [1.54, 1.807) is 73.8 Å². The standard InChI is InChI=1S/C22H17BrN2O4/c1-28-19-10-8-16(9-11-19)22(27)29-20-7-2-4-15(12-20)14-24-25-21(26)17-5-3-6-18(23)13-17/h2-14H,1H3,(H,25,26)/b24-14-. The number of amides is 1. The van der Waals surface area contributed by atoms with Gasteiger partial charge in [0.25, 0.3) is 5.91 Å². The van der Waals surface area contributed by atoms with Crippen molar-refractivity contribution in [3.63, 3.8) is 0 Å². The summed E-state index contributed by atoms with van der Waals surface area (Å²) in [5, 5.41) is 3.95. The monoisotopic (exact) mass is 452 g/mol. The first kappa shape index (κ1) is 20.3. The number of rotatable bonds is 6. The SMILES string of the molecule is COc1ccc(C(=O)Oc2cccc(/C=N\NC(=O)c3cccc(Br)c3)c2)cc1.